The summed E-state index contributed by atoms with van der Waals surface area (Å²) in [4.78, 5) is 22.4. The number of nitrogens with zero attached hydrogens (tertiary/aromatic N) is 3. The summed E-state index contributed by atoms with van der Waals surface area (Å²) in [5, 5.41) is 2.54. The third kappa shape index (κ3) is 3.09. The van der Waals surface area contributed by atoms with Crippen LogP contribution in [0.2, 0.25) is 0 Å². The van der Waals surface area contributed by atoms with Gasteiger partial charge in [0, 0.05) is 13.6 Å². The Labute approximate surface area is 147 Å². The number of carbonyl (C=O) groups excluding carboxylic acids is 1. The zero-order valence-corrected chi connectivity index (χ0v) is 14.9. The average Bonchev–Trinajstić information content (AvgIpc) is 2.67. The van der Waals surface area contributed by atoms with Crippen LogP contribution in [0.15, 0.2) is 24.5 Å². The van der Waals surface area contributed by atoms with E-state index >= 15 is 0 Å². The monoisotopic (exact) mass is 342 g/mol. The molecule has 1 amide bonds. The number of fused-ring (bicyclic) bond motifs is 1. The van der Waals surface area contributed by atoms with Crippen molar-refractivity contribution in [3.63, 3.8) is 0 Å². The maximum atomic E-state index is 11.6. The zero-order valence-electron chi connectivity index (χ0n) is 14.9. The number of anilines is 1. The van der Waals surface area contributed by atoms with Crippen molar-refractivity contribution in [1.82, 2.24) is 15.3 Å². The first-order valence-corrected chi connectivity index (χ1v) is 8.14. The smallest absolute Gasteiger partial charge is 0.271 e. The van der Waals surface area contributed by atoms with Crippen molar-refractivity contribution in [2.24, 2.45) is 0 Å². The van der Waals surface area contributed by atoms with E-state index in [1.165, 1.54) is 17.3 Å². The Bertz CT molecular complexity index is 777. The molecule has 0 fully saturated rings. The summed E-state index contributed by atoms with van der Waals surface area (Å²) in [5.41, 5.74) is 2.74. The molecule has 132 valence electrons. The topological polar surface area (TPSA) is 76.6 Å². The summed E-state index contributed by atoms with van der Waals surface area (Å²) < 4.78 is 10.8. The molecule has 1 aromatic heterocycles. The summed E-state index contributed by atoms with van der Waals surface area (Å²) in [6.45, 7) is 2.94. The number of carbonyl (C=O) groups is 1. The van der Waals surface area contributed by atoms with E-state index in [-0.39, 0.29) is 11.9 Å². The number of amides is 1. The van der Waals surface area contributed by atoms with Crippen LogP contribution in [-0.2, 0) is 6.42 Å². The van der Waals surface area contributed by atoms with E-state index in [9.17, 15) is 4.79 Å². The molecular weight excluding hydrogens is 320 g/mol. The number of methoxy groups -OCH3 is 2. The van der Waals surface area contributed by atoms with Crippen LogP contribution in [0.5, 0.6) is 11.5 Å². The van der Waals surface area contributed by atoms with Gasteiger partial charge in [0.05, 0.1) is 32.7 Å². The van der Waals surface area contributed by atoms with E-state index in [0.717, 1.165) is 30.3 Å². The molecule has 1 aliphatic heterocycles. The minimum Gasteiger partial charge on any atom is -0.493 e. The molecule has 0 bridgehead atoms. The third-order valence-corrected chi connectivity index (χ3v) is 4.58. The second kappa shape index (κ2) is 6.96. The number of rotatable bonds is 4. The lowest BCUT2D eigenvalue weighted by Crippen LogP contribution is -2.34. The molecule has 2 aromatic rings. The second-order valence-corrected chi connectivity index (χ2v) is 5.86. The van der Waals surface area contributed by atoms with Gasteiger partial charge in [-0.1, -0.05) is 0 Å². The molecule has 1 unspecified atom stereocenters. The molecule has 7 heteroatoms. The highest BCUT2D eigenvalue weighted by atomic mass is 16.5. The first-order valence-electron chi connectivity index (χ1n) is 8.14. The molecule has 0 saturated heterocycles. The molecule has 1 atom stereocenters. The van der Waals surface area contributed by atoms with Crippen LogP contribution in [0, 0.1) is 0 Å². The molecule has 0 saturated carbocycles. The van der Waals surface area contributed by atoms with Crippen LogP contribution in [0.25, 0.3) is 0 Å². The van der Waals surface area contributed by atoms with Crippen LogP contribution in [0.1, 0.15) is 34.6 Å². The molecule has 7 nitrogen and oxygen atoms in total. The normalized spacial score (nSPS) is 16.2. The minimum atomic E-state index is -0.243. The van der Waals surface area contributed by atoms with Gasteiger partial charge in [0.15, 0.2) is 11.5 Å². The Kier molecular flexibility index (Phi) is 4.74. The number of ether oxygens (including phenoxy) is 2. The van der Waals surface area contributed by atoms with E-state index < -0.39 is 0 Å². The first kappa shape index (κ1) is 17.0. The Morgan fingerprint density at radius 3 is 2.52 bits per heavy atom. The zero-order chi connectivity index (χ0) is 18.0. The van der Waals surface area contributed by atoms with Crippen molar-refractivity contribution >= 4 is 11.7 Å². The average molecular weight is 342 g/mol. The standard InChI is InChI=1S/C18H22N4O3/c1-11-13-8-16(25-4)15(24-3)7-12(13)5-6-22(11)17-10-20-14(9-21-17)18(23)19-2/h7-11H,5-6H2,1-4H3,(H,19,23). The van der Waals surface area contributed by atoms with Crippen LogP contribution in [0.4, 0.5) is 5.82 Å². The van der Waals surface area contributed by atoms with E-state index in [2.05, 4.69) is 27.1 Å². The minimum absolute atomic E-state index is 0.115. The molecule has 0 aliphatic carbocycles. The summed E-state index contributed by atoms with van der Waals surface area (Å²) in [6, 6.07) is 4.18. The fourth-order valence-electron chi connectivity index (χ4n) is 3.17. The van der Waals surface area contributed by atoms with E-state index in [1.54, 1.807) is 27.5 Å². The largest absolute Gasteiger partial charge is 0.493 e. The molecule has 1 aromatic carbocycles. The van der Waals surface area contributed by atoms with Crippen molar-refractivity contribution in [2.45, 2.75) is 19.4 Å². The van der Waals surface area contributed by atoms with Gasteiger partial charge < -0.3 is 19.7 Å². The van der Waals surface area contributed by atoms with Crippen molar-refractivity contribution in [2.75, 3.05) is 32.7 Å². The summed E-state index contributed by atoms with van der Waals surface area (Å²) in [6.07, 6.45) is 4.02. The van der Waals surface area contributed by atoms with Crippen molar-refractivity contribution in [1.29, 1.82) is 0 Å². The first-order chi connectivity index (χ1) is 12.1. The summed E-state index contributed by atoms with van der Waals surface area (Å²) in [7, 11) is 4.86. The fourth-order valence-corrected chi connectivity index (χ4v) is 3.17. The molecular formula is C18H22N4O3. The van der Waals surface area contributed by atoms with Crippen LogP contribution < -0.4 is 19.7 Å². The van der Waals surface area contributed by atoms with Crippen LogP contribution in [0.3, 0.4) is 0 Å². The van der Waals surface area contributed by atoms with E-state index in [0.29, 0.717) is 5.69 Å². The van der Waals surface area contributed by atoms with Gasteiger partial charge in [-0.15, -0.1) is 0 Å². The Morgan fingerprint density at radius 2 is 1.92 bits per heavy atom. The lowest BCUT2D eigenvalue weighted by atomic mass is 9.93. The van der Waals surface area contributed by atoms with Crippen molar-refractivity contribution in [3.8, 4) is 11.5 Å². The van der Waals surface area contributed by atoms with Crippen molar-refractivity contribution in [3.05, 3.63) is 41.3 Å². The fraction of sp³-hybridized carbons (Fsp3) is 0.389. The summed E-state index contributed by atoms with van der Waals surface area (Å²) >= 11 is 0. The van der Waals surface area contributed by atoms with Gasteiger partial charge >= 0.3 is 0 Å². The van der Waals surface area contributed by atoms with Crippen LogP contribution >= 0.6 is 0 Å². The SMILES string of the molecule is CNC(=O)c1cnc(N2CCc3cc(OC)c(OC)cc3C2C)cn1. The second-order valence-electron chi connectivity index (χ2n) is 5.86. The van der Waals surface area contributed by atoms with Gasteiger partial charge in [-0.25, -0.2) is 9.97 Å². The number of nitrogens with one attached hydrogen (secondary N) is 1. The third-order valence-electron chi connectivity index (χ3n) is 4.58. The Balaban J connectivity index is 1.90. The van der Waals surface area contributed by atoms with Gasteiger partial charge in [-0.2, -0.15) is 0 Å². The van der Waals surface area contributed by atoms with Gasteiger partial charge in [0.1, 0.15) is 11.5 Å². The number of hydrogen-bond donors (Lipinski definition) is 1. The Hall–Kier alpha value is -2.83. The predicted molar refractivity (Wildman–Crippen MR) is 94.4 cm³/mol. The van der Waals surface area contributed by atoms with E-state index in [4.69, 9.17) is 9.47 Å². The molecule has 2 heterocycles. The number of aromatic nitrogens is 2. The highest BCUT2D eigenvalue weighted by Crippen LogP contribution is 2.38. The van der Waals surface area contributed by atoms with Gasteiger partial charge in [0.25, 0.3) is 5.91 Å². The molecule has 1 aliphatic rings. The molecule has 0 radical (unpaired) electrons. The number of benzene rings is 1. The number of hydrogen-bond acceptors (Lipinski definition) is 6. The maximum absolute atomic E-state index is 11.6. The molecule has 25 heavy (non-hydrogen) atoms. The van der Waals surface area contributed by atoms with Gasteiger partial charge in [-0.05, 0) is 36.6 Å². The quantitative estimate of drug-likeness (QED) is 0.915. The highest BCUT2D eigenvalue weighted by Gasteiger charge is 2.27. The molecule has 0 spiro atoms. The van der Waals surface area contributed by atoms with Crippen LogP contribution in [-0.4, -0.2) is 43.7 Å². The lowest BCUT2D eigenvalue weighted by Gasteiger charge is -2.36. The lowest BCUT2D eigenvalue weighted by molar-refractivity contribution is 0.0958. The Morgan fingerprint density at radius 1 is 1.20 bits per heavy atom. The molecule has 1 N–H and O–H groups in total. The van der Waals surface area contributed by atoms with Crippen molar-refractivity contribution < 1.29 is 14.3 Å². The van der Waals surface area contributed by atoms with E-state index in [1.807, 2.05) is 12.1 Å². The van der Waals surface area contributed by atoms with Gasteiger partial charge in [-0.3, -0.25) is 4.79 Å². The molecule has 3 rings (SSSR count). The highest BCUT2D eigenvalue weighted by molar-refractivity contribution is 5.91. The maximum Gasteiger partial charge on any atom is 0.271 e. The summed E-state index contributed by atoms with van der Waals surface area (Å²) in [5.74, 6) is 1.97. The predicted octanol–water partition coefficient (Wildman–Crippen LogP) is 1.98. The van der Waals surface area contributed by atoms with Gasteiger partial charge in [0.2, 0.25) is 0 Å².